The Morgan fingerprint density at radius 2 is 2.00 bits per heavy atom. The molecule has 2 N–H and O–H groups in total. The molecule has 0 aromatic heterocycles. The minimum Gasteiger partial charge on any atom is -0.395 e. The molecule has 0 aromatic rings. The van der Waals surface area contributed by atoms with E-state index in [2.05, 4.69) is 5.32 Å². The fourth-order valence-corrected chi connectivity index (χ4v) is 2.17. The Balaban J connectivity index is 1.82. The van der Waals surface area contributed by atoms with Crippen LogP contribution in [-0.2, 0) is 0 Å². The van der Waals surface area contributed by atoms with Gasteiger partial charge in [0.15, 0.2) is 0 Å². The largest absolute Gasteiger partial charge is 0.395 e. The normalized spacial score (nSPS) is 39.0. The van der Waals surface area contributed by atoms with E-state index in [0.717, 1.165) is 18.4 Å². The molecular weight excluding hydrogens is 138 g/mol. The second kappa shape index (κ2) is 3.11. The molecule has 1 aliphatic heterocycles. The average molecular weight is 155 g/mol. The fraction of sp³-hybridized carbons (Fsp3) is 1.00. The van der Waals surface area contributed by atoms with Crippen LogP contribution < -0.4 is 5.32 Å². The van der Waals surface area contributed by atoms with Gasteiger partial charge in [-0.05, 0) is 44.1 Å². The summed E-state index contributed by atoms with van der Waals surface area (Å²) in [6, 6.07) is 0.398. The van der Waals surface area contributed by atoms with Gasteiger partial charge < -0.3 is 10.4 Å². The van der Waals surface area contributed by atoms with Crippen LogP contribution in [0.2, 0.25) is 0 Å². The highest BCUT2D eigenvalue weighted by molar-refractivity contribution is 4.87. The summed E-state index contributed by atoms with van der Waals surface area (Å²) in [5.41, 5.74) is 0. The van der Waals surface area contributed by atoms with Crippen molar-refractivity contribution in [1.29, 1.82) is 0 Å². The van der Waals surface area contributed by atoms with Gasteiger partial charge in [-0.3, -0.25) is 0 Å². The third-order valence-electron chi connectivity index (χ3n) is 3.04. The molecule has 2 aliphatic rings. The van der Waals surface area contributed by atoms with Crippen LogP contribution in [0.5, 0.6) is 0 Å². The molecule has 2 nitrogen and oxygen atoms in total. The van der Waals surface area contributed by atoms with Gasteiger partial charge in [-0.1, -0.05) is 0 Å². The van der Waals surface area contributed by atoms with Crippen LogP contribution in [-0.4, -0.2) is 24.3 Å². The Labute approximate surface area is 68.0 Å². The molecule has 0 aromatic carbocycles. The maximum absolute atomic E-state index is 8.95. The quantitative estimate of drug-likeness (QED) is 0.617. The predicted molar refractivity (Wildman–Crippen MR) is 44.3 cm³/mol. The van der Waals surface area contributed by atoms with Crippen LogP contribution in [0.25, 0.3) is 0 Å². The molecule has 2 unspecified atom stereocenters. The first-order valence-electron chi connectivity index (χ1n) is 4.74. The SMILES string of the molecule is OCC1CC(C2CC2)CCN1. The standard InChI is InChI=1S/C9H17NO/c11-6-9-5-8(3-4-10-9)7-1-2-7/h7-11H,1-6H2. The molecule has 0 spiro atoms. The zero-order valence-electron chi connectivity index (χ0n) is 6.92. The van der Waals surface area contributed by atoms with Gasteiger partial charge in [0.1, 0.15) is 0 Å². The summed E-state index contributed by atoms with van der Waals surface area (Å²) in [7, 11) is 0. The van der Waals surface area contributed by atoms with Gasteiger partial charge in [0.05, 0.1) is 6.61 Å². The van der Waals surface area contributed by atoms with Gasteiger partial charge in [0.2, 0.25) is 0 Å². The molecule has 2 rings (SSSR count). The van der Waals surface area contributed by atoms with Crippen molar-refractivity contribution in [2.24, 2.45) is 11.8 Å². The summed E-state index contributed by atoms with van der Waals surface area (Å²) < 4.78 is 0. The Morgan fingerprint density at radius 1 is 1.18 bits per heavy atom. The van der Waals surface area contributed by atoms with E-state index in [0.29, 0.717) is 12.6 Å². The summed E-state index contributed by atoms with van der Waals surface area (Å²) in [6.45, 7) is 1.44. The first-order chi connectivity index (χ1) is 5.40. The molecule has 2 fully saturated rings. The van der Waals surface area contributed by atoms with Crippen molar-refractivity contribution in [1.82, 2.24) is 5.32 Å². The molecule has 0 radical (unpaired) electrons. The van der Waals surface area contributed by atoms with Crippen LogP contribution >= 0.6 is 0 Å². The third-order valence-corrected chi connectivity index (χ3v) is 3.04. The lowest BCUT2D eigenvalue weighted by Crippen LogP contribution is -2.40. The van der Waals surface area contributed by atoms with Crippen molar-refractivity contribution in [3.63, 3.8) is 0 Å². The van der Waals surface area contributed by atoms with E-state index in [1.807, 2.05) is 0 Å². The van der Waals surface area contributed by atoms with Crippen molar-refractivity contribution in [3.05, 3.63) is 0 Å². The molecule has 0 bridgehead atoms. The summed E-state index contributed by atoms with van der Waals surface area (Å²) in [5, 5.41) is 12.3. The highest BCUT2D eigenvalue weighted by Crippen LogP contribution is 2.41. The van der Waals surface area contributed by atoms with E-state index < -0.39 is 0 Å². The number of hydrogen-bond acceptors (Lipinski definition) is 2. The Hall–Kier alpha value is -0.0800. The number of rotatable bonds is 2. The minimum absolute atomic E-state index is 0.323. The van der Waals surface area contributed by atoms with E-state index >= 15 is 0 Å². The van der Waals surface area contributed by atoms with Crippen molar-refractivity contribution >= 4 is 0 Å². The lowest BCUT2D eigenvalue weighted by Gasteiger charge is -2.29. The number of hydrogen-bond donors (Lipinski definition) is 2. The van der Waals surface area contributed by atoms with Gasteiger partial charge >= 0.3 is 0 Å². The zero-order chi connectivity index (χ0) is 7.68. The molecule has 2 heteroatoms. The second-order valence-corrected chi connectivity index (χ2v) is 3.96. The van der Waals surface area contributed by atoms with Gasteiger partial charge in [0, 0.05) is 6.04 Å². The average Bonchev–Trinajstić information content (AvgIpc) is 2.87. The summed E-state index contributed by atoms with van der Waals surface area (Å²) in [6.07, 6.45) is 5.44. The maximum Gasteiger partial charge on any atom is 0.0584 e. The Morgan fingerprint density at radius 3 is 2.64 bits per heavy atom. The molecular formula is C9H17NO. The first-order valence-corrected chi connectivity index (χ1v) is 4.74. The second-order valence-electron chi connectivity index (χ2n) is 3.96. The van der Waals surface area contributed by atoms with Gasteiger partial charge in [0.25, 0.3) is 0 Å². The number of aliphatic hydroxyl groups is 1. The first kappa shape index (κ1) is 7.56. The smallest absolute Gasteiger partial charge is 0.0584 e. The molecule has 64 valence electrons. The molecule has 11 heavy (non-hydrogen) atoms. The van der Waals surface area contributed by atoms with Gasteiger partial charge in [-0.2, -0.15) is 0 Å². The summed E-state index contributed by atoms with van der Waals surface area (Å²) >= 11 is 0. The summed E-state index contributed by atoms with van der Waals surface area (Å²) in [4.78, 5) is 0. The summed E-state index contributed by atoms with van der Waals surface area (Å²) in [5.74, 6) is 1.94. The van der Waals surface area contributed by atoms with Crippen LogP contribution in [0, 0.1) is 11.8 Å². The fourth-order valence-electron chi connectivity index (χ4n) is 2.17. The van der Waals surface area contributed by atoms with E-state index in [-0.39, 0.29) is 0 Å². The van der Waals surface area contributed by atoms with E-state index in [1.165, 1.54) is 25.7 Å². The van der Waals surface area contributed by atoms with E-state index in [9.17, 15) is 0 Å². The van der Waals surface area contributed by atoms with E-state index in [1.54, 1.807) is 0 Å². The molecule has 2 atom stereocenters. The minimum atomic E-state index is 0.323. The Kier molecular flexibility index (Phi) is 2.14. The lowest BCUT2D eigenvalue weighted by molar-refractivity contribution is 0.183. The maximum atomic E-state index is 8.95. The lowest BCUT2D eigenvalue weighted by atomic mass is 9.89. The number of aliphatic hydroxyl groups excluding tert-OH is 1. The van der Waals surface area contributed by atoms with Crippen LogP contribution in [0.15, 0.2) is 0 Å². The van der Waals surface area contributed by atoms with Crippen LogP contribution in [0.3, 0.4) is 0 Å². The topological polar surface area (TPSA) is 32.3 Å². The molecule has 1 saturated carbocycles. The van der Waals surface area contributed by atoms with Crippen LogP contribution in [0.4, 0.5) is 0 Å². The zero-order valence-corrected chi connectivity index (χ0v) is 6.92. The molecule has 0 amide bonds. The predicted octanol–water partition coefficient (Wildman–Crippen LogP) is 0.757. The van der Waals surface area contributed by atoms with Gasteiger partial charge in [-0.15, -0.1) is 0 Å². The Bertz CT molecular complexity index is 134. The molecule has 1 aliphatic carbocycles. The van der Waals surface area contributed by atoms with Crippen molar-refractivity contribution in [2.75, 3.05) is 13.2 Å². The van der Waals surface area contributed by atoms with Crippen LogP contribution in [0.1, 0.15) is 25.7 Å². The monoisotopic (exact) mass is 155 g/mol. The van der Waals surface area contributed by atoms with Crippen molar-refractivity contribution < 1.29 is 5.11 Å². The number of piperidine rings is 1. The number of nitrogens with one attached hydrogen (secondary N) is 1. The third kappa shape index (κ3) is 1.74. The highest BCUT2D eigenvalue weighted by atomic mass is 16.3. The molecule has 1 heterocycles. The van der Waals surface area contributed by atoms with Crippen molar-refractivity contribution in [3.8, 4) is 0 Å². The molecule has 1 saturated heterocycles. The van der Waals surface area contributed by atoms with Crippen molar-refractivity contribution in [2.45, 2.75) is 31.7 Å². The van der Waals surface area contributed by atoms with Gasteiger partial charge in [-0.25, -0.2) is 0 Å². The highest BCUT2D eigenvalue weighted by Gasteiger charge is 2.34. The van der Waals surface area contributed by atoms with E-state index in [4.69, 9.17) is 5.11 Å².